The number of nitrogens with one attached hydrogen (secondary N) is 1. The predicted octanol–water partition coefficient (Wildman–Crippen LogP) is 1.34. The smallest absolute Gasteiger partial charge is 0.313 e. The van der Waals surface area contributed by atoms with Crippen LogP contribution in [0.4, 0.5) is 5.69 Å². The number of nitrogens with zero attached hydrogens (tertiary/aromatic N) is 2. The number of amides is 2. The number of ether oxygens (including phenoxy) is 1. The number of likely N-dealkylation sites (N-methyl/N-ethyl adjacent to an activating group) is 1. The number of hydrogen-bond donors (Lipinski definition) is 1. The number of hydrogen-bond acceptors (Lipinski definition) is 6. The molecule has 0 radical (unpaired) electrons. The van der Waals surface area contributed by atoms with E-state index < -0.39 is 26.9 Å². The summed E-state index contributed by atoms with van der Waals surface area (Å²) in [5, 5.41) is 10.1. The lowest BCUT2D eigenvalue weighted by Gasteiger charge is -2.23. The third-order valence-electron chi connectivity index (χ3n) is 4.40. The molecule has 2 atom stereocenters. The van der Waals surface area contributed by atoms with Crippen LogP contribution >= 0.6 is 0 Å². The Kier molecular flexibility index (Phi) is 6.93. The van der Waals surface area contributed by atoms with E-state index in [0.717, 1.165) is 12.8 Å². The van der Waals surface area contributed by atoms with Gasteiger partial charge >= 0.3 is 11.8 Å². The summed E-state index contributed by atoms with van der Waals surface area (Å²) in [5.41, 5.74) is 0.296. The molecule has 2 amide bonds. The van der Waals surface area contributed by atoms with Gasteiger partial charge in [0, 0.05) is 25.4 Å². The van der Waals surface area contributed by atoms with Crippen LogP contribution in [0.1, 0.15) is 26.7 Å². The lowest BCUT2D eigenvalue weighted by molar-refractivity contribution is -0.144. The minimum absolute atomic E-state index is 0.0190. The van der Waals surface area contributed by atoms with Gasteiger partial charge in [0.15, 0.2) is 9.84 Å². The predicted molar refractivity (Wildman–Crippen MR) is 98.6 cm³/mol. The molecule has 1 saturated heterocycles. The molecule has 9 heteroatoms. The molecule has 0 aromatic heterocycles. The Hall–Kier alpha value is -2.44. The molecule has 2 rings (SSSR count). The summed E-state index contributed by atoms with van der Waals surface area (Å²) < 4.78 is 29.7. The van der Waals surface area contributed by atoms with Crippen molar-refractivity contribution in [1.29, 1.82) is 5.26 Å². The molecule has 1 aliphatic rings. The summed E-state index contributed by atoms with van der Waals surface area (Å²) in [6.45, 7) is 4.51. The zero-order valence-electron chi connectivity index (χ0n) is 15.3. The number of carbonyl (C=O) groups is 2. The van der Waals surface area contributed by atoms with Crippen LogP contribution in [0.2, 0.25) is 0 Å². The van der Waals surface area contributed by atoms with Crippen molar-refractivity contribution in [3.63, 3.8) is 0 Å². The zero-order chi connectivity index (χ0) is 20.0. The third kappa shape index (κ3) is 5.05. The second kappa shape index (κ2) is 8.97. The van der Waals surface area contributed by atoms with E-state index in [1.54, 1.807) is 13.0 Å². The standard InChI is InChI=1S/C18H23N3O5S/c1-3-21(12-15-5-4-10-26-15)18(23)17(22)20-14-6-8-16(9-7-14)27(24,25)13(2)11-19/h6-9,13,15H,3-5,10,12H2,1-2H3,(H,20,22)/t13-,15-/m0/s1. The highest BCUT2D eigenvalue weighted by atomic mass is 32.2. The van der Waals surface area contributed by atoms with Gasteiger partial charge in [-0.3, -0.25) is 9.59 Å². The fraction of sp³-hybridized carbons (Fsp3) is 0.500. The van der Waals surface area contributed by atoms with Gasteiger partial charge in [-0.2, -0.15) is 5.26 Å². The molecule has 146 valence electrons. The van der Waals surface area contributed by atoms with Crippen molar-refractivity contribution in [3.05, 3.63) is 24.3 Å². The van der Waals surface area contributed by atoms with Crippen LogP contribution < -0.4 is 5.32 Å². The number of benzene rings is 1. The molecule has 1 aliphatic heterocycles. The maximum atomic E-state index is 12.3. The number of nitriles is 1. The van der Waals surface area contributed by atoms with Crippen LogP contribution in [0.5, 0.6) is 0 Å². The lowest BCUT2D eigenvalue weighted by Crippen LogP contribution is -2.43. The van der Waals surface area contributed by atoms with Gasteiger partial charge in [0.25, 0.3) is 0 Å². The van der Waals surface area contributed by atoms with Gasteiger partial charge in [0.2, 0.25) is 0 Å². The Morgan fingerprint density at radius 2 is 2.04 bits per heavy atom. The fourth-order valence-corrected chi connectivity index (χ4v) is 3.78. The molecule has 0 aliphatic carbocycles. The van der Waals surface area contributed by atoms with E-state index in [-0.39, 0.29) is 11.0 Å². The molecule has 1 N–H and O–H groups in total. The van der Waals surface area contributed by atoms with E-state index >= 15 is 0 Å². The van der Waals surface area contributed by atoms with Gasteiger partial charge in [0.05, 0.1) is 17.1 Å². The molecule has 1 fully saturated rings. The van der Waals surface area contributed by atoms with E-state index in [9.17, 15) is 18.0 Å². The molecule has 0 bridgehead atoms. The second-order valence-electron chi connectivity index (χ2n) is 6.27. The molecule has 0 unspecified atom stereocenters. The van der Waals surface area contributed by atoms with Crippen molar-refractivity contribution >= 4 is 27.3 Å². The number of anilines is 1. The van der Waals surface area contributed by atoms with Crippen molar-refractivity contribution in [2.24, 2.45) is 0 Å². The SMILES string of the molecule is CCN(C[C@@H]1CCCO1)C(=O)C(=O)Nc1ccc(S(=O)(=O)[C@@H](C)C#N)cc1. The molecule has 1 heterocycles. The third-order valence-corrected chi connectivity index (χ3v) is 6.36. The lowest BCUT2D eigenvalue weighted by atomic mass is 10.2. The van der Waals surface area contributed by atoms with E-state index in [1.807, 2.05) is 0 Å². The maximum absolute atomic E-state index is 12.3. The number of sulfone groups is 1. The van der Waals surface area contributed by atoms with Gasteiger partial charge in [0.1, 0.15) is 5.25 Å². The largest absolute Gasteiger partial charge is 0.376 e. The molecule has 1 aromatic rings. The molecule has 0 saturated carbocycles. The monoisotopic (exact) mass is 393 g/mol. The van der Waals surface area contributed by atoms with Crippen LogP contribution in [0.15, 0.2) is 29.2 Å². The van der Waals surface area contributed by atoms with Gasteiger partial charge in [-0.15, -0.1) is 0 Å². The molecule has 27 heavy (non-hydrogen) atoms. The Bertz CT molecular complexity index is 824. The van der Waals surface area contributed by atoms with Gasteiger partial charge in [-0.25, -0.2) is 8.42 Å². The Morgan fingerprint density at radius 3 is 2.56 bits per heavy atom. The molecule has 0 spiro atoms. The zero-order valence-corrected chi connectivity index (χ0v) is 16.2. The van der Waals surface area contributed by atoms with E-state index in [1.165, 1.54) is 36.1 Å². The summed E-state index contributed by atoms with van der Waals surface area (Å²) >= 11 is 0. The van der Waals surface area contributed by atoms with Crippen molar-refractivity contribution in [3.8, 4) is 6.07 Å². The molecule has 1 aromatic carbocycles. The van der Waals surface area contributed by atoms with Crippen LogP contribution in [0.3, 0.4) is 0 Å². The average Bonchev–Trinajstić information content (AvgIpc) is 3.18. The first-order valence-electron chi connectivity index (χ1n) is 8.75. The molecular formula is C18H23N3O5S. The van der Waals surface area contributed by atoms with Crippen LogP contribution in [-0.4, -0.2) is 56.2 Å². The fourth-order valence-electron chi connectivity index (χ4n) is 2.72. The highest BCUT2D eigenvalue weighted by Gasteiger charge is 2.26. The van der Waals surface area contributed by atoms with Gasteiger partial charge < -0.3 is 15.0 Å². The number of rotatable bonds is 6. The minimum atomic E-state index is -3.74. The summed E-state index contributed by atoms with van der Waals surface area (Å²) in [4.78, 5) is 26.0. The van der Waals surface area contributed by atoms with E-state index in [0.29, 0.717) is 25.4 Å². The Morgan fingerprint density at radius 1 is 1.37 bits per heavy atom. The first kappa shape index (κ1) is 20.9. The van der Waals surface area contributed by atoms with Crippen LogP contribution in [0.25, 0.3) is 0 Å². The summed E-state index contributed by atoms with van der Waals surface area (Å²) in [7, 11) is -3.74. The van der Waals surface area contributed by atoms with E-state index in [2.05, 4.69) is 5.32 Å². The minimum Gasteiger partial charge on any atom is -0.376 e. The normalized spacial score (nSPS) is 17.7. The van der Waals surface area contributed by atoms with Crippen molar-refractivity contribution in [2.45, 2.75) is 42.9 Å². The maximum Gasteiger partial charge on any atom is 0.313 e. The quantitative estimate of drug-likeness (QED) is 0.729. The average molecular weight is 393 g/mol. The summed E-state index contributed by atoms with van der Waals surface area (Å²) in [6, 6.07) is 7.07. The first-order valence-corrected chi connectivity index (χ1v) is 10.3. The molecule has 8 nitrogen and oxygen atoms in total. The first-order chi connectivity index (χ1) is 12.8. The highest BCUT2D eigenvalue weighted by molar-refractivity contribution is 7.92. The van der Waals surface area contributed by atoms with Gasteiger partial charge in [-0.05, 0) is 51.0 Å². The molecular weight excluding hydrogens is 370 g/mol. The van der Waals surface area contributed by atoms with Crippen molar-refractivity contribution < 1.29 is 22.7 Å². The second-order valence-corrected chi connectivity index (χ2v) is 8.54. The Labute approximate surface area is 159 Å². The van der Waals surface area contributed by atoms with Crippen molar-refractivity contribution in [2.75, 3.05) is 25.0 Å². The summed E-state index contributed by atoms with van der Waals surface area (Å²) in [5.74, 6) is -1.46. The summed E-state index contributed by atoms with van der Waals surface area (Å²) in [6.07, 6.45) is 1.76. The van der Waals surface area contributed by atoms with Crippen molar-refractivity contribution in [1.82, 2.24) is 4.90 Å². The number of carbonyl (C=O) groups excluding carboxylic acids is 2. The highest BCUT2D eigenvalue weighted by Crippen LogP contribution is 2.19. The Balaban J connectivity index is 2.02. The van der Waals surface area contributed by atoms with Gasteiger partial charge in [-0.1, -0.05) is 0 Å². The topological polar surface area (TPSA) is 117 Å². The van der Waals surface area contributed by atoms with Crippen LogP contribution in [0, 0.1) is 11.3 Å². The van der Waals surface area contributed by atoms with E-state index in [4.69, 9.17) is 10.00 Å². The van der Waals surface area contributed by atoms with Crippen LogP contribution in [-0.2, 0) is 24.2 Å².